The van der Waals surface area contributed by atoms with Gasteiger partial charge in [0.15, 0.2) is 0 Å². The van der Waals surface area contributed by atoms with E-state index in [1.165, 1.54) is 0 Å². The number of halogens is 1. The quantitative estimate of drug-likeness (QED) is 0.923. The van der Waals surface area contributed by atoms with Gasteiger partial charge in [-0.1, -0.05) is 27.7 Å². The van der Waals surface area contributed by atoms with Crippen molar-refractivity contribution in [2.45, 2.75) is 59.1 Å². The fourth-order valence-corrected chi connectivity index (χ4v) is 4.10. The zero-order chi connectivity index (χ0) is 13.6. The number of aryl methyl sites for hydroxylation is 1. The number of aliphatic hydroxyl groups is 1. The lowest BCUT2D eigenvalue weighted by atomic mass is 9.87. The lowest BCUT2D eigenvalue weighted by molar-refractivity contribution is -0.0100. The van der Waals surface area contributed by atoms with Gasteiger partial charge in [-0.2, -0.15) is 5.10 Å². The number of nitrogens with zero attached hydrogens (tertiary/aromatic N) is 2. The van der Waals surface area contributed by atoms with E-state index < -0.39 is 5.60 Å². The fourth-order valence-electron chi connectivity index (χ4n) is 3.46. The van der Waals surface area contributed by atoms with Gasteiger partial charge in [-0.3, -0.25) is 4.68 Å². The first-order chi connectivity index (χ1) is 8.30. The topological polar surface area (TPSA) is 38.0 Å². The lowest BCUT2D eigenvalue weighted by Crippen LogP contribution is -2.32. The Morgan fingerprint density at radius 1 is 1.56 bits per heavy atom. The molecule has 3 nitrogen and oxygen atoms in total. The van der Waals surface area contributed by atoms with Gasteiger partial charge in [-0.15, -0.1) is 0 Å². The Morgan fingerprint density at radius 3 is 2.72 bits per heavy atom. The summed E-state index contributed by atoms with van der Waals surface area (Å²) in [5.41, 5.74) is 0.394. The maximum absolute atomic E-state index is 11.2. The van der Waals surface area contributed by atoms with E-state index in [-0.39, 0.29) is 11.3 Å². The molecule has 1 N–H and O–H groups in total. The normalized spacial score (nSPS) is 30.9. The highest BCUT2D eigenvalue weighted by atomic mass is 79.9. The second-order valence-corrected chi connectivity index (χ2v) is 7.29. The predicted octanol–water partition coefficient (Wildman–Crippen LogP) is 3.70. The highest BCUT2D eigenvalue weighted by Gasteiger charge is 2.51. The van der Waals surface area contributed by atoms with E-state index in [9.17, 15) is 5.11 Å². The van der Waals surface area contributed by atoms with E-state index in [1.54, 1.807) is 6.20 Å². The molecule has 1 aromatic rings. The van der Waals surface area contributed by atoms with Gasteiger partial charge in [-0.25, -0.2) is 0 Å². The zero-order valence-electron chi connectivity index (χ0n) is 11.7. The fraction of sp³-hybridized carbons (Fsp3) is 0.786. The molecular formula is C14H23BrN2O. The molecule has 1 heterocycles. The minimum absolute atomic E-state index is 0.189. The van der Waals surface area contributed by atoms with E-state index in [0.717, 1.165) is 36.0 Å². The Morgan fingerprint density at radius 2 is 2.22 bits per heavy atom. The van der Waals surface area contributed by atoms with Crippen LogP contribution in [0.25, 0.3) is 0 Å². The van der Waals surface area contributed by atoms with Crippen LogP contribution in [0.15, 0.2) is 10.7 Å². The Bertz CT molecular complexity index is 441. The van der Waals surface area contributed by atoms with Crippen molar-refractivity contribution in [1.82, 2.24) is 9.78 Å². The molecule has 1 aromatic heterocycles. The maximum Gasteiger partial charge on any atom is 0.110 e. The molecule has 1 aliphatic rings. The third-order valence-electron chi connectivity index (χ3n) is 4.06. The molecule has 0 bridgehead atoms. The van der Waals surface area contributed by atoms with Crippen LogP contribution in [0, 0.1) is 11.3 Å². The van der Waals surface area contributed by atoms with Crippen LogP contribution in [0.3, 0.4) is 0 Å². The number of hydrogen-bond donors (Lipinski definition) is 1. The first kappa shape index (κ1) is 14.1. The van der Waals surface area contributed by atoms with Crippen LogP contribution < -0.4 is 0 Å². The molecule has 0 amide bonds. The van der Waals surface area contributed by atoms with Crippen LogP contribution in [-0.2, 0) is 12.1 Å². The standard InChI is InChI=1S/C14H23BrN2O/c1-5-6-17-12(11(15)8-16-17)14(18)9-13(3,4)7-10(14)2/h8,10,18H,5-7,9H2,1-4H3. The largest absolute Gasteiger partial charge is 0.383 e. The van der Waals surface area contributed by atoms with Gasteiger partial charge in [0.25, 0.3) is 0 Å². The van der Waals surface area contributed by atoms with Crippen molar-refractivity contribution in [1.29, 1.82) is 0 Å². The van der Waals surface area contributed by atoms with Crippen molar-refractivity contribution in [2.24, 2.45) is 11.3 Å². The Kier molecular flexibility index (Phi) is 3.63. The molecule has 0 aliphatic heterocycles. The summed E-state index contributed by atoms with van der Waals surface area (Å²) in [4.78, 5) is 0. The van der Waals surface area contributed by atoms with Gasteiger partial charge in [0.2, 0.25) is 0 Å². The second-order valence-electron chi connectivity index (χ2n) is 6.43. The molecule has 2 rings (SSSR count). The van der Waals surface area contributed by atoms with Gasteiger partial charge in [0, 0.05) is 6.54 Å². The third-order valence-corrected chi connectivity index (χ3v) is 4.64. The van der Waals surface area contributed by atoms with Crippen molar-refractivity contribution in [3.8, 4) is 0 Å². The molecule has 0 aromatic carbocycles. The molecule has 0 spiro atoms. The predicted molar refractivity (Wildman–Crippen MR) is 76.3 cm³/mol. The molecule has 0 radical (unpaired) electrons. The first-order valence-corrected chi connectivity index (χ1v) is 7.53. The van der Waals surface area contributed by atoms with Crippen LogP contribution in [0.2, 0.25) is 0 Å². The Balaban J connectivity index is 2.44. The molecule has 1 aliphatic carbocycles. The molecule has 2 atom stereocenters. The second kappa shape index (κ2) is 4.64. The summed E-state index contributed by atoms with van der Waals surface area (Å²) < 4.78 is 2.89. The van der Waals surface area contributed by atoms with Crippen LogP contribution in [-0.4, -0.2) is 14.9 Å². The van der Waals surface area contributed by atoms with Crippen LogP contribution >= 0.6 is 15.9 Å². The van der Waals surface area contributed by atoms with E-state index in [4.69, 9.17) is 0 Å². The summed E-state index contributed by atoms with van der Waals surface area (Å²) in [5, 5.41) is 15.5. The summed E-state index contributed by atoms with van der Waals surface area (Å²) in [7, 11) is 0. The summed E-state index contributed by atoms with van der Waals surface area (Å²) in [5.74, 6) is 0.260. The van der Waals surface area contributed by atoms with Gasteiger partial charge in [-0.05, 0) is 46.5 Å². The van der Waals surface area contributed by atoms with Crippen molar-refractivity contribution < 1.29 is 5.11 Å². The molecule has 1 fully saturated rings. The van der Waals surface area contributed by atoms with Crippen LogP contribution in [0.4, 0.5) is 0 Å². The van der Waals surface area contributed by atoms with Crippen molar-refractivity contribution in [3.63, 3.8) is 0 Å². The minimum Gasteiger partial charge on any atom is -0.383 e. The van der Waals surface area contributed by atoms with Gasteiger partial charge < -0.3 is 5.11 Å². The minimum atomic E-state index is -0.756. The van der Waals surface area contributed by atoms with Crippen LogP contribution in [0.1, 0.15) is 52.7 Å². The summed E-state index contributed by atoms with van der Waals surface area (Å²) >= 11 is 3.55. The summed E-state index contributed by atoms with van der Waals surface area (Å²) in [6, 6.07) is 0. The molecule has 0 saturated heterocycles. The van der Waals surface area contributed by atoms with Crippen molar-refractivity contribution in [3.05, 3.63) is 16.4 Å². The number of aromatic nitrogens is 2. The molecule has 4 heteroatoms. The van der Waals surface area contributed by atoms with Gasteiger partial charge in [0.1, 0.15) is 5.60 Å². The number of rotatable bonds is 3. The third kappa shape index (κ3) is 2.25. The summed E-state index contributed by atoms with van der Waals surface area (Å²) in [6.45, 7) is 9.60. The molecule has 18 heavy (non-hydrogen) atoms. The van der Waals surface area contributed by atoms with E-state index in [0.29, 0.717) is 0 Å². The van der Waals surface area contributed by atoms with Gasteiger partial charge in [0.05, 0.1) is 16.4 Å². The molecular weight excluding hydrogens is 292 g/mol. The number of hydrogen-bond acceptors (Lipinski definition) is 2. The van der Waals surface area contributed by atoms with Gasteiger partial charge >= 0.3 is 0 Å². The van der Waals surface area contributed by atoms with Crippen molar-refractivity contribution >= 4 is 15.9 Å². The average molecular weight is 315 g/mol. The Hall–Kier alpha value is -0.350. The molecule has 102 valence electrons. The Labute approximate surface area is 118 Å². The van der Waals surface area contributed by atoms with E-state index >= 15 is 0 Å². The summed E-state index contributed by atoms with van der Waals surface area (Å²) in [6.07, 6.45) is 4.68. The average Bonchev–Trinajstić information content (AvgIpc) is 2.67. The SMILES string of the molecule is CCCn1ncc(Br)c1C1(O)CC(C)(C)CC1C. The highest BCUT2D eigenvalue weighted by Crippen LogP contribution is 2.53. The molecule has 1 saturated carbocycles. The lowest BCUT2D eigenvalue weighted by Gasteiger charge is -2.30. The molecule has 2 unspecified atom stereocenters. The van der Waals surface area contributed by atoms with E-state index in [1.807, 2.05) is 4.68 Å². The highest BCUT2D eigenvalue weighted by molar-refractivity contribution is 9.10. The smallest absolute Gasteiger partial charge is 0.110 e. The van der Waals surface area contributed by atoms with E-state index in [2.05, 4.69) is 48.7 Å². The maximum atomic E-state index is 11.2. The van der Waals surface area contributed by atoms with Crippen molar-refractivity contribution in [2.75, 3.05) is 0 Å². The zero-order valence-corrected chi connectivity index (χ0v) is 13.3. The monoisotopic (exact) mass is 314 g/mol. The van der Waals surface area contributed by atoms with Crippen LogP contribution in [0.5, 0.6) is 0 Å². The first-order valence-electron chi connectivity index (χ1n) is 6.74.